The summed E-state index contributed by atoms with van der Waals surface area (Å²) >= 11 is 0. The Morgan fingerprint density at radius 3 is 1.68 bits per heavy atom. The zero-order valence-electron chi connectivity index (χ0n) is 13.1. The topological polar surface area (TPSA) is 38.7 Å². The highest BCUT2D eigenvalue weighted by Crippen LogP contribution is 2.41. The molecule has 108 valence electrons. The van der Waals surface area contributed by atoms with Crippen LogP contribution in [0.3, 0.4) is 0 Å². The lowest BCUT2D eigenvalue weighted by atomic mass is 9.79. The third-order valence-corrected chi connectivity index (χ3v) is 3.04. The van der Waals surface area contributed by atoms with Gasteiger partial charge in [-0.2, -0.15) is 0 Å². The molecular formula is C16H26O3. The van der Waals surface area contributed by atoms with E-state index in [2.05, 4.69) is 41.5 Å². The van der Waals surface area contributed by atoms with E-state index >= 15 is 0 Å². The summed E-state index contributed by atoms with van der Waals surface area (Å²) < 4.78 is 10.5. The maximum atomic E-state index is 10.5. The number of hydrogen-bond acceptors (Lipinski definition) is 3. The molecule has 1 aromatic carbocycles. The average Bonchev–Trinajstić information content (AvgIpc) is 2.24. The highest BCUT2D eigenvalue weighted by Gasteiger charge is 2.26. The Kier molecular flexibility index (Phi) is 4.51. The van der Waals surface area contributed by atoms with Crippen molar-refractivity contribution in [2.45, 2.75) is 52.4 Å². The Morgan fingerprint density at radius 2 is 1.37 bits per heavy atom. The van der Waals surface area contributed by atoms with Gasteiger partial charge < -0.3 is 14.6 Å². The first kappa shape index (κ1) is 15.8. The summed E-state index contributed by atoms with van der Waals surface area (Å²) in [5, 5.41) is 10.5. The Morgan fingerprint density at radius 1 is 0.947 bits per heavy atom. The molecule has 1 aromatic rings. The quantitative estimate of drug-likeness (QED) is 0.841. The number of aromatic hydroxyl groups is 1. The maximum absolute atomic E-state index is 10.5. The monoisotopic (exact) mass is 266 g/mol. The molecule has 0 bridgehead atoms. The van der Waals surface area contributed by atoms with Gasteiger partial charge in [-0.25, -0.2) is 0 Å². The Hall–Kier alpha value is -1.22. The predicted octanol–water partition coefficient (Wildman–Crippen LogP) is 3.97. The smallest absolute Gasteiger partial charge is 0.188 e. The molecule has 0 fully saturated rings. The van der Waals surface area contributed by atoms with Crippen molar-refractivity contribution < 1.29 is 14.6 Å². The summed E-state index contributed by atoms with van der Waals surface area (Å²) in [7, 11) is 1.59. The lowest BCUT2D eigenvalue weighted by Gasteiger charge is -2.28. The van der Waals surface area contributed by atoms with Crippen molar-refractivity contribution in [3.05, 3.63) is 23.3 Å². The van der Waals surface area contributed by atoms with E-state index < -0.39 is 0 Å². The first-order valence-corrected chi connectivity index (χ1v) is 6.57. The summed E-state index contributed by atoms with van der Waals surface area (Å²) in [5.74, 6) is 1.10. The molecule has 0 heterocycles. The number of phenolic OH excluding ortho intramolecular Hbond substituents is 1. The molecule has 0 saturated heterocycles. The Bertz CT molecular complexity index is 401. The number of phenols is 1. The summed E-state index contributed by atoms with van der Waals surface area (Å²) in [6.07, 6.45) is 0. The van der Waals surface area contributed by atoms with E-state index in [1.165, 1.54) is 0 Å². The first-order chi connectivity index (χ1) is 8.57. The molecular weight excluding hydrogens is 240 g/mol. The third kappa shape index (κ3) is 3.87. The molecule has 0 unspecified atom stereocenters. The number of ether oxygens (including phenoxy) is 2. The zero-order chi connectivity index (χ0) is 14.8. The molecule has 0 aliphatic carbocycles. The van der Waals surface area contributed by atoms with E-state index in [-0.39, 0.29) is 17.6 Å². The lowest BCUT2D eigenvalue weighted by molar-refractivity contribution is 0.0508. The summed E-state index contributed by atoms with van der Waals surface area (Å²) in [6.45, 7) is 12.7. The average molecular weight is 266 g/mol. The molecule has 0 aliphatic rings. The molecule has 1 rings (SSSR count). The van der Waals surface area contributed by atoms with Crippen LogP contribution in [-0.2, 0) is 15.6 Å². The van der Waals surface area contributed by atoms with Gasteiger partial charge in [0.15, 0.2) is 6.79 Å². The highest BCUT2D eigenvalue weighted by atomic mass is 16.7. The van der Waals surface area contributed by atoms with Gasteiger partial charge in [0.1, 0.15) is 11.5 Å². The van der Waals surface area contributed by atoms with Gasteiger partial charge >= 0.3 is 0 Å². The fourth-order valence-electron chi connectivity index (χ4n) is 1.96. The van der Waals surface area contributed by atoms with Crippen LogP contribution < -0.4 is 4.74 Å². The number of rotatable bonds is 3. The van der Waals surface area contributed by atoms with Crippen molar-refractivity contribution in [3.8, 4) is 11.5 Å². The largest absolute Gasteiger partial charge is 0.507 e. The minimum Gasteiger partial charge on any atom is -0.507 e. The summed E-state index contributed by atoms with van der Waals surface area (Å²) in [5.41, 5.74) is 1.50. The van der Waals surface area contributed by atoms with E-state index in [1.54, 1.807) is 7.11 Å². The first-order valence-electron chi connectivity index (χ1n) is 6.57. The Labute approximate surface area is 116 Å². The second-order valence-corrected chi connectivity index (χ2v) is 6.92. The van der Waals surface area contributed by atoms with Crippen LogP contribution in [0.2, 0.25) is 0 Å². The molecule has 0 amide bonds. The van der Waals surface area contributed by atoms with Gasteiger partial charge in [-0.1, -0.05) is 41.5 Å². The maximum Gasteiger partial charge on any atom is 0.188 e. The van der Waals surface area contributed by atoms with Gasteiger partial charge in [0, 0.05) is 18.2 Å². The summed E-state index contributed by atoms with van der Waals surface area (Å²) in [4.78, 5) is 0. The minimum atomic E-state index is -0.142. The molecule has 3 heteroatoms. The van der Waals surface area contributed by atoms with Gasteiger partial charge in [-0.3, -0.25) is 0 Å². The SMILES string of the molecule is COCOc1cc(C(C)(C)C)c(O)c(C(C)(C)C)c1. The van der Waals surface area contributed by atoms with Crippen LogP contribution in [0.4, 0.5) is 0 Å². The fourth-order valence-corrected chi connectivity index (χ4v) is 1.96. The molecule has 0 radical (unpaired) electrons. The number of hydrogen-bond donors (Lipinski definition) is 1. The van der Waals surface area contributed by atoms with Crippen LogP contribution in [-0.4, -0.2) is 19.0 Å². The van der Waals surface area contributed by atoms with Crippen molar-refractivity contribution >= 4 is 0 Å². The van der Waals surface area contributed by atoms with Gasteiger partial charge in [-0.05, 0) is 23.0 Å². The third-order valence-electron chi connectivity index (χ3n) is 3.04. The summed E-state index contributed by atoms with van der Waals surface area (Å²) in [6, 6.07) is 3.78. The lowest BCUT2D eigenvalue weighted by Crippen LogP contribution is -2.17. The van der Waals surface area contributed by atoms with Crippen molar-refractivity contribution in [1.82, 2.24) is 0 Å². The molecule has 1 N–H and O–H groups in total. The Balaban J connectivity index is 3.39. The van der Waals surface area contributed by atoms with Gasteiger partial charge in [0.05, 0.1) is 0 Å². The number of benzene rings is 1. The van der Waals surface area contributed by atoms with Gasteiger partial charge in [-0.15, -0.1) is 0 Å². The highest BCUT2D eigenvalue weighted by molar-refractivity contribution is 5.51. The van der Waals surface area contributed by atoms with Gasteiger partial charge in [0.25, 0.3) is 0 Å². The second kappa shape index (κ2) is 5.41. The fraction of sp³-hybridized carbons (Fsp3) is 0.625. The normalized spacial score (nSPS) is 12.6. The second-order valence-electron chi connectivity index (χ2n) is 6.92. The van der Waals surface area contributed by atoms with Crippen molar-refractivity contribution in [2.24, 2.45) is 0 Å². The van der Waals surface area contributed by atoms with Crippen molar-refractivity contribution in [1.29, 1.82) is 0 Å². The number of methoxy groups -OCH3 is 1. The van der Waals surface area contributed by atoms with Crippen molar-refractivity contribution in [3.63, 3.8) is 0 Å². The molecule has 19 heavy (non-hydrogen) atoms. The van der Waals surface area contributed by atoms with Crippen LogP contribution in [0.1, 0.15) is 52.7 Å². The molecule has 3 nitrogen and oxygen atoms in total. The zero-order valence-corrected chi connectivity index (χ0v) is 13.1. The van der Waals surface area contributed by atoms with Crippen LogP contribution >= 0.6 is 0 Å². The van der Waals surface area contributed by atoms with E-state index in [4.69, 9.17) is 9.47 Å². The van der Waals surface area contributed by atoms with E-state index in [1.807, 2.05) is 12.1 Å². The van der Waals surface area contributed by atoms with Crippen LogP contribution in [0.25, 0.3) is 0 Å². The van der Waals surface area contributed by atoms with Crippen molar-refractivity contribution in [2.75, 3.05) is 13.9 Å². The predicted molar refractivity (Wildman–Crippen MR) is 78.0 cm³/mol. The molecule has 0 aliphatic heterocycles. The molecule has 0 atom stereocenters. The van der Waals surface area contributed by atoms with Crippen LogP contribution in [0, 0.1) is 0 Å². The molecule has 0 aromatic heterocycles. The van der Waals surface area contributed by atoms with E-state index in [0.29, 0.717) is 5.75 Å². The van der Waals surface area contributed by atoms with Crippen LogP contribution in [0.5, 0.6) is 11.5 Å². The molecule has 0 saturated carbocycles. The van der Waals surface area contributed by atoms with Gasteiger partial charge in [0.2, 0.25) is 0 Å². The van der Waals surface area contributed by atoms with E-state index in [0.717, 1.165) is 16.9 Å². The minimum absolute atomic E-state index is 0.142. The van der Waals surface area contributed by atoms with E-state index in [9.17, 15) is 5.11 Å². The molecule has 0 spiro atoms. The van der Waals surface area contributed by atoms with Crippen LogP contribution in [0.15, 0.2) is 12.1 Å². The standard InChI is InChI=1S/C16H26O3/c1-15(2,3)12-8-11(19-10-18-7)9-13(14(12)17)16(4,5)6/h8-9,17H,10H2,1-7H3.